The molecule has 4 saturated carbocycles. The standard InChI is InChI=1S/C49H73FN2O7/c1-30(2)42-37(54)26-49(40(58-31(3)53)29-52(25-24-51(10)11)28-32-12-14-33(50)15-13-32)23-22-47(8)34-18-19-38-46(6,7)39(59-41(55)27-45(4,5)44(56)57)20-21-48(38,9)35(34)16-17-36(47)43(42)49/h12-15,30,34-36,38-40H,16-29H2,1-11H3,(H,56,57)/t34-,35+,36-,38+,39+,40-,47+,48-,49+/m1/s1. The lowest BCUT2D eigenvalue weighted by Gasteiger charge is -2.68. The molecule has 5 aliphatic rings. The Balaban J connectivity index is 1.31. The minimum Gasteiger partial charge on any atom is -0.481 e. The van der Waals surface area contributed by atoms with Crippen molar-refractivity contribution in [2.24, 2.45) is 56.7 Å². The molecule has 1 N–H and O–H groups in total. The zero-order valence-electron chi connectivity index (χ0n) is 37.9. The Morgan fingerprint density at radius 1 is 0.915 bits per heavy atom. The van der Waals surface area contributed by atoms with Gasteiger partial charge in [0.15, 0.2) is 5.78 Å². The van der Waals surface area contributed by atoms with E-state index in [1.54, 1.807) is 13.8 Å². The van der Waals surface area contributed by atoms with E-state index in [2.05, 4.69) is 51.3 Å². The van der Waals surface area contributed by atoms with Crippen LogP contribution in [0.3, 0.4) is 0 Å². The fraction of sp³-hybridized carbons (Fsp3) is 0.755. The second-order valence-electron chi connectivity index (χ2n) is 21.7. The number of aliphatic carboxylic acids is 1. The Hall–Kier alpha value is -3.11. The van der Waals surface area contributed by atoms with Crippen molar-refractivity contribution in [2.75, 3.05) is 33.7 Å². The minimum absolute atomic E-state index is 0.0319. The molecule has 4 fully saturated rings. The van der Waals surface area contributed by atoms with E-state index in [0.717, 1.165) is 75.6 Å². The van der Waals surface area contributed by atoms with Crippen molar-refractivity contribution in [3.05, 3.63) is 46.8 Å². The number of nitrogens with zero attached hydrogens (tertiary/aromatic N) is 2. The predicted molar refractivity (Wildman–Crippen MR) is 227 cm³/mol. The van der Waals surface area contributed by atoms with Gasteiger partial charge in [-0.3, -0.25) is 24.1 Å². The summed E-state index contributed by atoms with van der Waals surface area (Å²) in [7, 11) is 4.09. The summed E-state index contributed by atoms with van der Waals surface area (Å²) in [6.45, 7) is 21.0. The molecule has 0 radical (unpaired) electrons. The quantitative estimate of drug-likeness (QED) is 0.184. The molecule has 0 heterocycles. The summed E-state index contributed by atoms with van der Waals surface area (Å²) in [6, 6.07) is 6.63. The molecule has 5 aliphatic carbocycles. The van der Waals surface area contributed by atoms with Gasteiger partial charge in [0.25, 0.3) is 0 Å². The number of Topliss-reactive ketones (excluding diaryl/α,β-unsaturated/α-hetero) is 1. The number of carbonyl (C=O) groups is 4. The molecule has 0 amide bonds. The molecular formula is C49H73FN2O7. The molecule has 0 aliphatic heterocycles. The van der Waals surface area contributed by atoms with Crippen molar-refractivity contribution >= 4 is 23.7 Å². The van der Waals surface area contributed by atoms with Gasteiger partial charge in [0.1, 0.15) is 18.0 Å². The second-order valence-corrected chi connectivity index (χ2v) is 21.7. The molecule has 10 heteroatoms. The van der Waals surface area contributed by atoms with Crippen LogP contribution in [0.25, 0.3) is 0 Å². The highest BCUT2D eigenvalue weighted by Crippen LogP contribution is 2.73. The lowest BCUT2D eigenvalue weighted by molar-refractivity contribution is -0.206. The molecule has 59 heavy (non-hydrogen) atoms. The van der Waals surface area contributed by atoms with Gasteiger partial charge < -0.3 is 19.5 Å². The fourth-order valence-corrected chi connectivity index (χ4v) is 13.6. The third kappa shape index (κ3) is 8.44. The van der Waals surface area contributed by atoms with Gasteiger partial charge in [0, 0.05) is 50.4 Å². The van der Waals surface area contributed by atoms with Crippen LogP contribution < -0.4 is 0 Å². The third-order valence-corrected chi connectivity index (χ3v) is 16.6. The van der Waals surface area contributed by atoms with E-state index < -0.39 is 28.9 Å². The van der Waals surface area contributed by atoms with E-state index in [0.29, 0.717) is 37.3 Å². The van der Waals surface area contributed by atoms with Crippen LogP contribution in [0.2, 0.25) is 0 Å². The molecule has 9 atom stereocenters. The summed E-state index contributed by atoms with van der Waals surface area (Å²) in [6.07, 6.45) is 7.04. The monoisotopic (exact) mass is 821 g/mol. The van der Waals surface area contributed by atoms with E-state index in [-0.39, 0.29) is 58.2 Å². The van der Waals surface area contributed by atoms with Crippen molar-refractivity contribution in [3.63, 3.8) is 0 Å². The Morgan fingerprint density at radius 3 is 2.17 bits per heavy atom. The number of allylic oxidation sites excluding steroid dienone is 1. The first kappa shape index (κ1) is 45.4. The van der Waals surface area contributed by atoms with Crippen molar-refractivity contribution in [3.8, 4) is 0 Å². The van der Waals surface area contributed by atoms with Crippen molar-refractivity contribution < 1.29 is 38.1 Å². The molecule has 0 saturated heterocycles. The molecule has 1 aromatic carbocycles. The largest absolute Gasteiger partial charge is 0.481 e. The van der Waals surface area contributed by atoms with Crippen LogP contribution in [-0.4, -0.2) is 84.5 Å². The number of benzene rings is 1. The van der Waals surface area contributed by atoms with Crippen LogP contribution in [0.5, 0.6) is 0 Å². The van der Waals surface area contributed by atoms with Crippen LogP contribution in [0.15, 0.2) is 35.4 Å². The highest BCUT2D eigenvalue weighted by molar-refractivity contribution is 6.01. The summed E-state index contributed by atoms with van der Waals surface area (Å²) >= 11 is 0. The van der Waals surface area contributed by atoms with Crippen molar-refractivity contribution in [1.29, 1.82) is 0 Å². The average molecular weight is 821 g/mol. The first-order valence-corrected chi connectivity index (χ1v) is 22.5. The summed E-state index contributed by atoms with van der Waals surface area (Å²) in [4.78, 5) is 57.0. The van der Waals surface area contributed by atoms with E-state index >= 15 is 0 Å². The highest BCUT2D eigenvalue weighted by Gasteiger charge is 2.67. The molecule has 0 bridgehead atoms. The predicted octanol–water partition coefficient (Wildman–Crippen LogP) is 9.12. The zero-order chi connectivity index (χ0) is 43.5. The van der Waals surface area contributed by atoms with Gasteiger partial charge >= 0.3 is 17.9 Å². The van der Waals surface area contributed by atoms with E-state index in [1.807, 2.05) is 26.2 Å². The van der Waals surface area contributed by atoms with E-state index in [4.69, 9.17) is 9.47 Å². The highest BCUT2D eigenvalue weighted by atomic mass is 19.1. The maximum atomic E-state index is 14.5. The molecule has 328 valence electrons. The van der Waals surface area contributed by atoms with Gasteiger partial charge in [-0.15, -0.1) is 0 Å². The smallest absolute Gasteiger partial charge is 0.309 e. The number of hydrogen-bond acceptors (Lipinski definition) is 8. The maximum absolute atomic E-state index is 14.5. The van der Waals surface area contributed by atoms with Crippen LogP contribution in [0, 0.1) is 62.5 Å². The van der Waals surface area contributed by atoms with Gasteiger partial charge in [-0.05, 0) is 149 Å². The number of esters is 2. The van der Waals surface area contributed by atoms with Crippen LogP contribution in [0.1, 0.15) is 132 Å². The summed E-state index contributed by atoms with van der Waals surface area (Å²) < 4.78 is 26.6. The number of rotatable bonds is 14. The molecule has 0 spiro atoms. The molecule has 0 aromatic heterocycles. The summed E-state index contributed by atoms with van der Waals surface area (Å²) in [5.41, 5.74) is 1.20. The van der Waals surface area contributed by atoms with Crippen molar-refractivity contribution in [2.45, 2.75) is 145 Å². The van der Waals surface area contributed by atoms with E-state index in [9.17, 15) is 28.7 Å². The molecule has 6 rings (SSSR count). The lowest BCUT2D eigenvalue weighted by atomic mass is 9.37. The lowest BCUT2D eigenvalue weighted by Crippen LogP contribution is -2.62. The van der Waals surface area contributed by atoms with Gasteiger partial charge in [-0.25, -0.2) is 4.39 Å². The fourth-order valence-electron chi connectivity index (χ4n) is 13.6. The minimum atomic E-state index is -1.18. The normalized spacial score (nSPS) is 33.3. The third-order valence-electron chi connectivity index (χ3n) is 16.6. The summed E-state index contributed by atoms with van der Waals surface area (Å²) in [5, 5.41) is 9.65. The molecular weight excluding hydrogens is 748 g/mol. The van der Waals surface area contributed by atoms with Crippen LogP contribution in [-0.2, 0) is 35.2 Å². The number of carboxylic acid groups (broad SMARTS) is 1. The first-order valence-electron chi connectivity index (χ1n) is 22.5. The number of halogens is 1. The van der Waals surface area contributed by atoms with Gasteiger partial charge in [-0.1, -0.05) is 53.7 Å². The second kappa shape index (κ2) is 16.6. The first-order chi connectivity index (χ1) is 27.5. The summed E-state index contributed by atoms with van der Waals surface area (Å²) in [5.74, 6) is -0.293. The number of hydrogen-bond donors (Lipinski definition) is 1. The molecule has 9 nitrogen and oxygen atoms in total. The SMILES string of the molecule is CC(=O)O[C@H](CN(CCN(C)C)Cc1ccc(F)cc1)[C@@]12CC[C@]3(C)[C@H](CC[C@H]4[C@H]3CC[C@H]3C(C)(C)[C@@H](OC(=O)CC(C)(C)C(=O)O)CC[C@]43C)C1=C(C(C)C)C(=O)C2. The Bertz CT molecular complexity index is 1800. The van der Waals surface area contributed by atoms with Gasteiger partial charge in [0.2, 0.25) is 0 Å². The van der Waals surface area contributed by atoms with Gasteiger partial charge in [-0.2, -0.15) is 0 Å². The average Bonchev–Trinajstić information content (AvgIpc) is 3.45. The molecule has 0 unspecified atom stereocenters. The Kier molecular flexibility index (Phi) is 12.8. The number of fused-ring (bicyclic) bond motifs is 7. The number of likely N-dealkylation sites (N-methyl/N-ethyl adjacent to an activating group) is 1. The van der Waals surface area contributed by atoms with Crippen LogP contribution >= 0.6 is 0 Å². The number of carboxylic acids is 1. The number of carbonyl (C=O) groups excluding carboxylic acids is 3. The Labute approximate surface area is 353 Å². The topological polar surface area (TPSA) is 113 Å². The molecule has 1 aromatic rings. The number of ether oxygens (including phenoxy) is 2. The van der Waals surface area contributed by atoms with E-state index in [1.165, 1.54) is 24.6 Å². The maximum Gasteiger partial charge on any atom is 0.309 e. The van der Waals surface area contributed by atoms with Crippen molar-refractivity contribution in [1.82, 2.24) is 9.80 Å². The Morgan fingerprint density at radius 2 is 1.56 bits per heavy atom. The zero-order valence-corrected chi connectivity index (χ0v) is 37.9. The number of ketones is 1. The van der Waals surface area contributed by atoms with Crippen LogP contribution in [0.4, 0.5) is 4.39 Å². The van der Waals surface area contributed by atoms with Gasteiger partial charge in [0.05, 0.1) is 11.8 Å².